The van der Waals surface area contributed by atoms with Gasteiger partial charge in [-0.2, -0.15) is 0 Å². The molecule has 0 aliphatic carbocycles. The maximum absolute atomic E-state index is 13.5. The zero-order valence-corrected chi connectivity index (χ0v) is 14.1. The second-order valence-electron chi connectivity index (χ2n) is 4.52. The first-order valence-electron chi connectivity index (χ1n) is 6.01. The van der Waals surface area contributed by atoms with E-state index < -0.39 is 0 Å². The van der Waals surface area contributed by atoms with Crippen molar-refractivity contribution in [2.45, 2.75) is 13.0 Å². The van der Waals surface area contributed by atoms with Crippen LogP contribution in [-0.2, 0) is 0 Å². The van der Waals surface area contributed by atoms with Crippen LogP contribution in [0.5, 0.6) is 0 Å². The van der Waals surface area contributed by atoms with Crippen molar-refractivity contribution in [3.05, 3.63) is 67.4 Å². The Hall–Kier alpha value is -0.610. The standard InChI is InChI=1S/C15H13BrCl2FN/c1-8-5-10(13(18)7-14(8)19)15(20-2)9-3-4-12(17)11(16)6-9/h3-7,15,20H,1-2H3. The Bertz CT molecular complexity index is 646. The molecule has 106 valence electrons. The lowest BCUT2D eigenvalue weighted by molar-refractivity contribution is 0.614. The number of hydrogen-bond donors (Lipinski definition) is 1. The number of halogens is 4. The Morgan fingerprint density at radius 2 is 1.85 bits per heavy atom. The van der Waals surface area contributed by atoms with Crippen molar-refractivity contribution >= 4 is 39.1 Å². The van der Waals surface area contributed by atoms with Crippen molar-refractivity contribution in [2.75, 3.05) is 7.05 Å². The lowest BCUT2D eigenvalue weighted by Crippen LogP contribution is -2.18. The highest BCUT2D eigenvalue weighted by atomic mass is 79.9. The third kappa shape index (κ3) is 3.17. The molecule has 20 heavy (non-hydrogen) atoms. The minimum absolute atomic E-state index is 0.129. The minimum atomic E-state index is -0.300. The molecule has 2 rings (SSSR count). The van der Waals surface area contributed by atoms with E-state index in [1.807, 2.05) is 25.2 Å². The fourth-order valence-electron chi connectivity index (χ4n) is 2.09. The van der Waals surface area contributed by atoms with Crippen molar-refractivity contribution in [1.29, 1.82) is 0 Å². The van der Waals surface area contributed by atoms with Crippen molar-refractivity contribution in [3.8, 4) is 0 Å². The number of nitrogens with one attached hydrogen (secondary N) is 1. The quantitative estimate of drug-likeness (QED) is 0.744. The van der Waals surface area contributed by atoms with E-state index in [0.717, 1.165) is 15.6 Å². The molecule has 0 aliphatic rings. The van der Waals surface area contributed by atoms with Gasteiger partial charge >= 0.3 is 0 Å². The van der Waals surface area contributed by atoms with Crippen LogP contribution in [0.2, 0.25) is 10.0 Å². The molecule has 0 radical (unpaired) electrons. The highest BCUT2D eigenvalue weighted by Crippen LogP contribution is 2.33. The number of hydrogen-bond acceptors (Lipinski definition) is 1. The molecule has 0 heterocycles. The van der Waals surface area contributed by atoms with Crippen molar-refractivity contribution in [2.24, 2.45) is 0 Å². The summed E-state index contributed by atoms with van der Waals surface area (Å²) >= 11 is 15.6. The second-order valence-corrected chi connectivity index (χ2v) is 6.19. The summed E-state index contributed by atoms with van der Waals surface area (Å²) in [5.74, 6) is -0.300. The third-order valence-electron chi connectivity index (χ3n) is 3.15. The first kappa shape index (κ1) is 15.8. The van der Waals surface area contributed by atoms with Gasteiger partial charge in [0.05, 0.1) is 11.1 Å². The highest BCUT2D eigenvalue weighted by molar-refractivity contribution is 9.10. The lowest BCUT2D eigenvalue weighted by Gasteiger charge is -2.20. The molecule has 0 aliphatic heterocycles. The molecule has 2 aromatic carbocycles. The molecule has 0 spiro atoms. The van der Waals surface area contributed by atoms with Crippen LogP contribution in [0.4, 0.5) is 4.39 Å². The van der Waals surface area contributed by atoms with Gasteiger partial charge in [0.1, 0.15) is 5.82 Å². The van der Waals surface area contributed by atoms with Gasteiger partial charge in [-0.15, -0.1) is 0 Å². The average Bonchev–Trinajstić information content (AvgIpc) is 2.40. The summed E-state index contributed by atoms with van der Waals surface area (Å²) in [6.45, 7) is 1.72. The normalized spacial score (nSPS) is 12.5. The molecule has 5 heteroatoms. The second kappa shape index (κ2) is 6.44. The fraction of sp³-hybridized carbons (Fsp3) is 0.200. The van der Waals surface area contributed by atoms with Crippen LogP contribution >= 0.6 is 39.1 Å². The minimum Gasteiger partial charge on any atom is -0.309 e. The van der Waals surface area contributed by atoms with Crippen molar-refractivity contribution < 1.29 is 4.39 Å². The monoisotopic (exact) mass is 375 g/mol. The van der Waals surface area contributed by atoms with Gasteiger partial charge in [0.25, 0.3) is 0 Å². The molecule has 1 nitrogen and oxygen atoms in total. The van der Waals surface area contributed by atoms with E-state index in [1.165, 1.54) is 6.07 Å². The van der Waals surface area contributed by atoms with E-state index in [1.54, 1.807) is 13.0 Å². The van der Waals surface area contributed by atoms with E-state index >= 15 is 0 Å². The van der Waals surface area contributed by atoms with Crippen LogP contribution in [0, 0.1) is 12.7 Å². The SMILES string of the molecule is CNC(c1ccc(Cl)c(Br)c1)c1cc(C)c(F)cc1Cl. The smallest absolute Gasteiger partial charge is 0.127 e. The largest absolute Gasteiger partial charge is 0.309 e. The summed E-state index contributed by atoms with van der Waals surface area (Å²) in [6, 6.07) is 8.65. The third-order valence-corrected chi connectivity index (χ3v) is 4.70. The zero-order valence-electron chi connectivity index (χ0n) is 11.0. The van der Waals surface area contributed by atoms with Gasteiger partial charge in [0.15, 0.2) is 0 Å². The highest BCUT2D eigenvalue weighted by Gasteiger charge is 2.17. The van der Waals surface area contributed by atoms with E-state index in [9.17, 15) is 4.39 Å². The van der Waals surface area contributed by atoms with Crippen LogP contribution in [0.25, 0.3) is 0 Å². The molecule has 0 bridgehead atoms. The topological polar surface area (TPSA) is 12.0 Å². The predicted octanol–water partition coefficient (Wildman–Crippen LogP) is 5.51. The van der Waals surface area contributed by atoms with E-state index in [-0.39, 0.29) is 11.9 Å². The van der Waals surface area contributed by atoms with Gasteiger partial charge in [-0.05, 0) is 70.9 Å². The number of rotatable bonds is 3. The molecule has 2 aromatic rings. The number of benzene rings is 2. The Morgan fingerprint density at radius 3 is 2.45 bits per heavy atom. The van der Waals surface area contributed by atoms with E-state index in [0.29, 0.717) is 15.6 Å². The van der Waals surface area contributed by atoms with Crippen LogP contribution in [0.15, 0.2) is 34.8 Å². The van der Waals surface area contributed by atoms with Gasteiger partial charge in [-0.1, -0.05) is 29.3 Å². The molecule has 0 saturated carbocycles. The van der Waals surface area contributed by atoms with Gasteiger partial charge in [-0.25, -0.2) is 4.39 Å². The summed E-state index contributed by atoms with van der Waals surface area (Å²) < 4.78 is 14.3. The Morgan fingerprint density at radius 1 is 1.15 bits per heavy atom. The zero-order chi connectivity index (χ0) is 14.9. The van der Waals surface area contributed by atoms with Crippen molar-refractivity contribution in [1.82, 2.24) is 5.32 Å². The predicted molar refractivity (Wildman–Crippen MR) is 86.2 cm³/mol. The van der Waals surface area contributed by atoms with Crippen LogP contribution < -0.4 is 5.32 Å². The Labute approximate surface area is 136 Å². The molecule has 0 fully saturated rings. The molecule has 0 amide bonds. The van der Waals surface area contributed by atoms with Crippen LogP contribution in [0.1, 0.15) is 22.7 Å². The maximum atomic E-state index is 13.5. The molecule has 0 aromatic heterocycles. The number of aryl methyl sites for hydroxylation is 1. The lowest BCUT2D eigenvalue weighted by atomic mass is 9.97. The summed E-state index contributed by atoms with van der Waals surface area (Å²) in [7, 11) is 1.84. The summed E-state index contributed by atoms with van der Waals surface area (Å²) in [5, 5.41) is 4.24. The van der Waals surface area contributed by atoms with E-state index in [2.05, 4.69) is 21.2 Å². The molecule has 1 N–H and O–H groups in total. The van der Waals surface area contributed by atoms with Crippen LogP contribution in [-0.4, -0.2) is 7.05 Å². The summed E-state index contributed by atoms with van der Waals surface area (Å²) in [4.78, 5) is 0. The Kier molecular flexibility index (Phi) is 5.08. The molecule has 1 atom stereocenters. The molecular formula is C15H13BrCl2FN. The maximum Gasteiger partial charge on any atom is 0.127 e. The van der Waals surface area contributed by atoms with Gasteiger partial charge in [0, 0.05) is 9.50 Å². The van der Waals surface area contributed by atoms with E-state index in [4.69, 9.17) is 23.2 Å². The molecule has 0 saturated heterocycles. The van der Waals surface area contributed by atoms with Gasteiger partial charge < -0.3 is 5.32 Å². The average molecular weight is 377 g/mol. The summed E-state index contributed by atoms with van der Waals surface area (Å²) in [6.07, 6.45) is 0. The fourth-order valence-corrected chi connectivity index (χ4v) is 2.87. The van der Waals surface area contributed by atoms with Crippen LogP contribution in [0.3, 0.4) is 0 Å². The summed E-state index contributed by atoms with van der Waals surface area (Å²) in [5.41, 5.74) is 2.40. The van der Waals surface area contributed by atoms with Gasteiger partial charge in [-0.3, -0.25) is 0 Å². The Balaban J connectivity index is 2.52. The molecular weight excluding hydrogens is 364 g/mol. The first-order valence-corrected chi connectivity index (χ1v) is 7.56. The first-order chi connectivity index (χ1) is 9.43. The molecule has 1 unspecified atom stereocenters. The van der Waals surface area contributed by atoms with Gasteiger partial charge in [0.2, 0.25) is 0 Å². The van der Waals surface area contributed by atoms with Crippen molar-refractivity contribution in [3.63, 3.8) is 0 Å².